The van der Waals surface area contributed by atoms with E-state index < -0.39 is 0 Å². The fraction of sp³-hybridized carbons (Fsp3) is 1.00. The maximum absolute atomic E-state index is 9.26. The summed E-state index contributed by atoms with van der Waals surface area (Å²) in [6, 6.07) is 0.566. The Labute approximate surface area is 74.1 Å². The molecule has 1 rings (SSSR count). The third-order valence-electron chi connectivity index (χ3n) is 2.54. The number of ether oxygens (including phenoxy) is 1. The minimum Gasteiger partial charge on any atom is -0.392 e. The summed E-state index contributed by atoms with van der Waals surface area (Å²) in [5.41, 5.74) is 0. The van der Waals surface area contributed by atoms with Crippen molar-refractivity contribution in [2.45, 2.75) is 44.4 Å². The zero-order valence-corrected chi connectivity index (χ0v) is 7.92. The molecular weight excluding hydrogens is 154 g/mol. The molecule has 1 fully saturated rings. The highest BCUT2D eigenvalue weighted by Crippen LogP contribution is 2.22. The van der Waals surface area contributed by atoms with Crippen LogP contribution < -0.4 is 5.32 Å². The van der Waals surface area contributed by atoms with E-state index in [1.807, 2.05) is 6.92 Å². The summed E-state index contributed by atoms with van der Waals surface area (Å²) in [4.78, 5) is 0. The lowest BCUT2D eigenvalue weighted by Gasteiger charge is -2.35. The SMILES string of the molecule is CCC(O)CNC1CC(OC)C1. The van der Waals surface area contributed by atoms with Crippen LogP contribution in [0.15, 0.2) is 0 Å². The predicted molar refractivity (Wildman–Crippen MR) is 48.1 cm³/mol. The van der Waals surface area contributed by atoms with Crippen molar-refractivity contribution in [2.75, 3.05) is 13.7 Å². The van der Waals surface area contributed by atoms with Crippen LogP contribution in [0.4, 0.5) is 0 Å². The van der Waals surface area contributed by atoms with E-state index in [0.717, 1.165) is 25.8 Å². The van der Waals surface area contributed by atoms with Crippen molar-refractivity contribution in [3.05, 3.63) is 0 Å². The number of aliphatic hydroxyl groups is 1. The molecule has 3 heteroatoms. The molecule has 0 aromatic carbocycles. The molecule has 0 bridgehead atoms. The second kappa shape index (κ2) is 4.80. The minimum absolute atomic E-state index is 0.188. The molecule has 0 saturated heterocycles. The predicted octanol–water partition coefficient (Wildman–Crippen LogP) is 0.524. The molecule has 2 N–H and O–H groups in total. The van der Waals surface area contributed by atoms with Crippen LogP contribution >= 0.6 is 0 Å². The molecule has 0 amide bonds. The van der Waals surface area contributed by atoms with Gasteiger partial charge in [0.05, 0.1) is 12.2 Å². The zero-order valence-electron chi connectivity index (χ0n) is 7.92. The van der Waals surface area contributed by atoms with Gasteiger partial charge in [0.15, 0.2) is 0 Å². The summed E-state index contributed by atoms with van der Waals surface area (Å²) in [5.74, 6) is 0. The van der Waals surface area contributed by atoms with Gasteiger partial charge >= 0.3 is 0 Å². The second-order valence-corrected chi connectivity index (χ2v) is 3.50. The Balaban J connectivity index is 1.96. The van der Waals surface area contributed by atoms with Gasteiger partial charge in [-0.3, -0.25) is 0 Å². The van der Waals surface area contributed by atoms with Crippen LogP contribution in [0, 0.1) is 0 Å². The van der Waals surface area contributed by atoms with E-state index >= 15 is 0 Å². The molecule has 0 spiro atoms. The van der Waals surface area contributed by atoms with Crippen LogP contribution in [-0.4, -0.2) is 37.0 Å². The van der Waals surface area contributed by atoms with Crippen molar-refractivity contribution >= 4 is 0 Å². The number of aliphatic hydroxyl groups excluding tert-OH is 1. The fourth-order valence-corrected chi connectivity index (χ4v) is 1.37. The molecule has 0 radical (unpaired) electrons. The van der Waals surface area contributed by atoms with Crippen LogP contribution in [0.1, 0.15) is 26.2 Å². The highest BCUT2D eigenvalue weighted by molar-refractivity contribution is 4.86. The maximum atomic E-state index is 9.26. The molecule has 0 heterocycles. The van der Waals surface area contributed by atoms with Gasteiger partial charge < -0.3 is 15.2 Å². The number of nitrogens with one attached hydrogen (secondary N) is 1. The Hall–Kier alpha value is -0.120. The quantitative estimate of drug-likeness (QED) is 0.637. The Morgan fingerprint density at radius 2 is 2.25 bits per heavy atom. The van der Waals surface area contributed by atoms with Crippen molar-refractivity contribution in [1.82, 2.24) is 5.32 Å². The number of methoxy groups -OCH3 is 1. The summed E-state index contributed by atoms with van der Waals surface area (Å²) < 4.78 is 5.15. The van der Waals surface area contributed by atoms with Gasteiger partial charge in [0, 0.05) is 19.7 Å². The number of hydrogen-bond acceptors (Lipinski definition) is 3. The Morgan fingerprint density at radius 3 is 2.75 bits per heavy atom. The van der Waals surface area contributed by atoms with Gasteiger partial charge in [0.1, 0.15) is 0 Å². The number of hydrogen-bond donors (Lipinski definition) is 2. The first-order chi connectivity index (χ1) is 5.76. The Morgan fingerprint density at radius 1 is 1.58 bits per heavy atom. The van der Waals surface area contributed by atoms with Crippen molar-refractivity contribution in [2.24, 2.45) is 0 Å². The lowest BCUT2D eigenvalue weighted by atomic mass is 9.89. The first kappa shape index (κ1) is 9.96. The normalized spacial score (nSPS) is 31.2. The smallest absolute Gasteiger partial charge is 0.0662 e. The van der Waals surface area contributed by atoms with E-state index in [4.69, 9.17) is 4.74 Å². The molecule has 12 heavy (non-hydrogen) atoms. The van der Waals surface area contributed by atoms with Crippen LogP contribution in [0.2, 0.25) is 0 Å². The van der Waals surface area contributed by atoms with E-state index in [9.17, 15) is 5.11 Å². The van der Waals surface area contributed by atoms with Crippen LogP contribution in [0.25, 0.3) is 0 Å². The molecule has 1 atom stereocenters. The van der Waals surface area contributed by atoms with E-state index in [1.54, 1.807) is 7.11 Å². The van der Waals surface area contributed by atoms with Crippen molar-refractivity contribution in [3.8, 4) is 0 Å². The molecule has 1 aliphatic carbocycles. The summed E-state index contributed by atoms with van der Waals surface area (Å²) in [6.07, 6.45) is 3.26. The Kier molecular flexibility index (Phi) is 3.98. The topological polar surface area (TPSA) is 41.5 Å². The standard InChI is InChI=1S/C9H19NO2/c1-3-8(11)6-10-7-4-9(5-7)12-2/h7-11H,3-6H2,1-2H3. The van der Waals surface area contributed by atoms with Gasteiger partial charge in [0.2, 0.25) is 0 Å². The zero-order chi connectivity index (χ0) is 8.97. The van der Waals surface area contributed by atoms with E-state index in [0.29, 0.717) is 12.1 Å². The van der Waals surface area contributed by atoms with Crippen molar-refractivity contribution < 1.29 is 9.84 Å². The summed E-state index contributed by atoms with van der Waals surface area (Å²) in [6.45, 7) is 2.71. The average Bonchev–Trinajstić information content (AvgIpc) is 2.01. The highest BCUT2D eigenvalue weighted by atomic mass is 16.5. The van der Waals surface area contributed by atoms with Gasteiger partial charge in [-0.15, -0.1) is 0 Å². The summed E-state index contributed by atoms with van der Waals surface area (Å²) in [7, 11) is 1.75. The highest BCUT2D eigenvalue weighted by Gasteiger charge is 2.28. The molecule has 72 valence electrons. The fourth-order valence-electron chi connectivity index (χ4n) is 1.37. The van der Waals surface area contributed by atoms with Crippen molar-refractivity contribution in [1.29, 1.82) is 0 Å². The molecule has 0 aromatic rings. The van der Waals surface area contributed by atoms with Gasteiger partial charge in [-0.05, 0) is 19.3 Å². The van der Waals surface area contributed by atoms with Gasteiger partial charge in [-0.1, -0.05) is 6.92 Å². The molecule has 3 nitrogen and oxygen atoms in total. The molecule has 1 aliphatic rings. The molecule has 0 aromatic heterocycles. The lowest BCUT2D eigenvalue weighted by Crippen LogP contribution is -2.47. The average molecular weight is 173 g/mol. The van der Waals surface area contributed by atoms with Gasteiger partial charge in [0.25, 0.3) is 0 Å². The van der Waals surface area contributed by atoms with Crippen LogP contribution in [-0.2, 0) is 4.74 Å². The van der Waals surface area contributed by atoms with E-state index in [1.165, 1.54) is 0 Å². The van der Waals surface area contributed by atoms with Gasteiger partial charge in [-0.2, -0.15) is 0 Å². The molecule has 1 saturated carbocycles. The van der Waals surface area contributed by atoms with Crippen LogP contribution in [0.5, 0.6) is 0 Å². The van der Waals surface area contributed by atoms with Crippen molar-refractivity contribution in [3.63, 3.8) is 0 Å². The molecule has 0 aliphatic heterocycles. The second-order valence-electron chi connectivity index (χ2n) is 3.50. The maximum Gasteiger partial charge on any atom is 0.0662 e. The molecule has 1 unspecified atom stereocenters. The van der Waals surface area contributed by atoms with E-state index in [-0.39, 0.29) is 6.10 Å². The Bertz CT molecular complexity index is 124. The number of rotatable bonds is 5. The van der Waals surface area contributed by atoms with Crippen LogP contribution in [0.3, 0.4) is 0 Å². The lowest BCUT2D eigenvalue weighted by molar-refractivity contribution is 0.0137. The summed E-state index contributed by atoms with van der Waals surface area (Å²) >= 11 is 0. The van der Waals surface area contributed by atoms with Gasteiger partial charge in [-0.25, -0.2) is 0 Å². The molecular formula is C9H19NO2. The largest absolute Gasteiger partial charge is 0.392 e. The minimum atomic E-state index is -0.188. The third kappa shape index (κ3) is 2.73. The summed E-state index contributed by atoms with van der Waals surface area (Å²) in [5, 5.41) is 12.6. The monoisotopic (exact) mass is 173 g/mol. The first-order valence-electron chi connectivity index (χ1n) is 4.70. The third-order valence-corrected chi connectivity index (χ3v) is 2.54. The first-order valence-corrected chi connectivity index (χ1v) is 4.70. The van der Waals surface area contributed by atoms with E-state index in [2.05, 4.69) is 5.32 Å².